The lowest BCUT2D eigenvalue weighted by Gasteiger charge is -2.25. The molecule has 5 heteroatoms. The summed E-state index contributed by atoms with van der Waals surface area (Å²) >= 11 is 0. The van der Waals surface area contributed by atoms with Crippen LogP contribution in [0.15, 0.2) is 183 Å². The summed E-state index contributed by atoms with van der Waals surface area (Å²) in [5, 5.41) is 6.51. The molecule has 5 nitrogen and oxygen atoms in total. The highest BCUT2D eigenvalue weighted by Gasteiger charge is 2.25. The molecule has 0 aliphatic rings. The SMILES string of the molecule is c1ccc2cc(-c3ccc(N(c4cccc5c4oc4ccccc45)c4cccc5c4oc4cccc(-c6nc7ccccc7o6)c45)cc3)ccc2c1. The van der Waals surface area contributed by atoms with Gasteiger partial charge in [-0.25, -0.2) is 4.98 Å². The second kappa shape index (κ2) is 11.2. The molecule has 0 aliphatic heterocycles. The van der Waals surface area contributed by atoms with Crippen molar-refractivity contribution >= 4 is 82.8 Å². The molecule has 0 saturated heterocycles. The Hall–Kier alpha value is -7.11. The molecule has 0 spiro atoms. The van der Waals surface area contributed by atoms with Crippen LogP contribution in [0.5, 0.6) is 0 Å². The van der Waals surface area contributed by atoms with Gasteiger partial charge in [0.1, 0.15) is 16.7 Å². The number of furan rings is 2. The first-order valence-corrected chi connectivity index (χ1v) is 17.4. The number of benzene rings is 8. The maximum Gasteiger partial charge on any atom is 0.228 e. The molecule has 11 rings (SSSR count). The van der Waals surface area contributed by atoms with Gasteiger partial charge in [0.2, 0.25) is 5.89 Å². The third kappa shape index (κ3) is 4.39. The number of aromatic nitrogens is 1. The largest absolute Gasteiger partial charge is 0.454 e. The van der Waals surface area contributed by atoms with Crippen LogP contribution >= 0.6 is 0 Å². The van der Waals surface area contributed by atoms with Crippen LogP contribution in [-0.2, 0) is 0 Å². The summed E-state index contributed by atoms with van der Waals surface area (Å²) < 4.78 is 19.7. The Kier molecular flexibility index (Phi) is 6.18. The lowest BCUT2D eigenvalue weighted by molar-refractivity contribution is 0.620. The number of oxazole rings is 1. The van der Waals surface area contributed by atoms with Crippen LogP contribution in [0.3, 0.4) is 0 Å². The summed E-state index contributed by atoms with van der Waals surface area (Å²) in [4.78, 5) is 7.09. The molecule has 0 unspecified atom stereocenters. The fourth-order valence-corrected chi connectivity index (χ4v) is 7.66. The quantitative estimate of drug-likeness (QED) is 0.183. The van der Waals surface area contributed by atoms with E-state index in [9.17, 15) is 0 Å². The minimum absolute atomic E-state index is 0.563. The average Bonchev–Trinajstić information content (AvgIpc) is 3.92. The van der Waals surface area contributed by atoms with Crippen LogP contribution in [0, 0.1) is 0 Å². The molecule has 3 aromatic heterocycles. The lowest BCUT2D eigenvalue weighted by Crippen LogP contribution is -2.10. The first-order valence-electron chi connectivity index (χ1n) is 17.4. The van der Waals surface area contributed by atoms with Gasteiger partial charge >= 0.3 is 0 Å². The number of nitrogens with zero attached hydrogens (tertiary/aromatic N) is 2. The zero-order chi connectivity index (χ0) is 34.2. The van der Waals surface area contributed by atoms with Gasteiger partial charge in [-0.05, 0) is 82.6 Å². The zero-order valence-corrected chi connectivity index (χ0v) is 27.8. The molecule has 0 fully saturated rings. The smallest absolute Gasteiger partial charge is 0.228 e. The molecule has 0 saturated carbocycles. The molecular formula is C47H28N2O3. The highest BCUT2D eigenvalue weighted by Crippen LogP contribution is 2.47. The van der Waals surface area contributed by atoms with Gasteiger partial charge < -0.3 is 18.2 Å². The topological polar surface area (TPSA) is 55.6 Å². The Morgan fingerprint density at radius 1 is 0.423 bits per heavy atom. The van der Waals surface area contributed by atoms with Gasteiger partial charge in [-0.3, -0.25) is 0 Å². The summed E-state index contributed by atoms with van der Waals surface area (Å²) in [5.74, 6) is 0.563. The van der Waals surface area contributed by atoms with E-state index in [1.54, 1.807) is 0 Å². The van der Waals surface area contributed by atoms with Gasteiger partial charge in [0.05, 0.1) is 11.4 Å². The molecule has 3 heterocycles. The fraction of sp³-hybridized carbons (Fsp3) is 0. The summed E-state index contributed by atoms with van der Waals surface area (Å²) in [6, 6.07) is 58.6. The minimum atomic E-state index is 0.563. The Morgan fingerprint density at radius 3 is 1.90 bits per heavy atom. The van der Waals surface area contributed by atoms with E-state index in [1.807, 2.05) is 54.6 Å². The van der Waals surface area contributed by atoms with Crippen LogP contribution in [0.25, 0.3) is 88.3 Å². The van der Waals surface area contributed by atoms with E-state index in [4.69, 9.17) is 18.2 Å². The molecule has 11 aromatic rings. The van der Waals surface area contributed by atoms with E-state index in [2.05, 4.69) is 120 Å². The van der Waals surface area contributed by atoms with Gasteiger partial charge in [0, 0.05) is 32.8 Å². The zero-order valence-electron chi connectivity index (χ0n) is 27.8. The minimum Gasteiger partial charge on any atom is -0.454 e. The first-order chi connectivity index (χ1) is 25.8. The first kappa shape index (κ1) is 28.7. The fourth-order valence-electron chi connectivity index (χ4n) is 7.66. The Labute approximate surface area is 297 Å². The Morgan fingerprint density at radius 2 is 1.06 bits per heavy atom. The Balaban J connectivity index is 1.13. The normalized spacial score (nSPS) is 11.8. The maximum absolute atomic E-state index is 6.81. The second-order valence-electron chi connectivity index (χ2n) is 13.1. The van der Waals surface area contributed by atoms with Crippen molar-refractivity contribution in [1.82, 2.24) is 4.98 Å². The van der Waals surface area contributed by atoms with Crippen molar-refractivity contribution < 1.29 is 13.3 Å². The number of fused-ring (bicyclic) bond motifs is 8. The third-order valence-electron chi connectivity index (χ3n) is 10.1. The molecule has 0 aliphatic carbocycles. The van der Waals surface area contributed by atoms with Crippen molar-refractivity contribution in [2.24, 2.45) is 0 Å². The summed E-state index contributed by atoms with van der Waals surface area (Å²) in [6.45, 7) is 0. The summed E-state index contributed by atoms with van der Waals surface area (Å²) in [7, 11) is 0. The molecule has 0 radical (unpaired) electrons. The average molecular weight is 669 g/mol. The van der Waals surface area contributed by atoms with Crippen molar-refractivity contribution in [2.45, 2.75) is 0 Å². The van der Waals surface area contributed by atoms with Crippen molar-refractivity contribution in [3.8, 4) is 22.6 Å². The Bertz CT molecular complexity index is 3110. The monoisotopic (exact) mass is 668 g/mol. The number of hydrogen-bond donors (Lipinski definition) is 0. The van der Waals surface area contributed by atoms with E-state index >= 15 is 0 Å². The van der Waals surface area contributed by atoms with Gasteiger partial charge in [-0.1, -0.05) is 109 Å². The number of rotatable bonds is 5. The number of anilines is 3. The van der Waals surface area contributed by atoms with Gasteiger partial charge in [0.25, 0.3) is 0 Å². The van der Waals surface area contributed by atoms with Crippen LogP contribution in [0.4, 0.5) is 17.1 Å². The maximum atomic E-state index is 6.81. The lowest BCUT2D eigenvalue weighted by atomic mass is 10.0. The molecule has 0 atom stereocenters. The molecule has 0 amide bonds. The van der Waals surface area contributed by atoms with E-state index in [0.717, 1.165) is 83.2 Å². The highest BCUT2D eigenvalue weighted by atomic mass is 16.4. The van der Waals surface area contributed by atoms with E-state index < -0.39 is 0 Å². The number of para-hydroxylation sites is 5. The standard InChI is InChI=1S/C47H28N2O3/c1-2-11-31-28-32(23-22-29(31)10-1)30-24-26-33(27-25-30)49(39-17-7-13-35-34-12-3-5-19-41(34)50-45(35)39)40-18-8-14-36-44-37(15-9-21-43(44)51-46(36)40)47-48-38-16-4-6-20-42(38)52-47/h1-28H. The molecular weight excluding hydrogens is 641 g/mol. The summed E-state index contributed by atoms with van der Waals surface area (Å²) in [6.07, 6.45) is 0. The van der Waals surface area contributed by atoms with E-state index in [0.29, 0.717) is 5.89 Å². The van der Waals surface area contributed by atoms with Crippen LogP contribution in [-0.4, -0.2) is 4.98 Å². The number of hydrogen-bond acceptors (Lipinski definition) is 5. The van der Waals surface area contributed by atoms with Crippen molar-refractivity contribution in [3.63, 3.8) is 0 Å². The molecule has 0 N–H and O–H groups in total. The molecule has 8 aromatic carbocycles. The summed E-state index contributed by atoms with van der Waals surface area (Å²) in [5.41, 5.74) is 10.7. The van der Waals surface area contributed by atoms with Gasteiger partial charge in [-0.15, -0.1) is 0 Å². The van der Waals surface area contributed by atoms with Crippen LogP contribution in [0.1, 0.15) is 0 Å². The van der Waals surface area contributed by atoms with Gasteiger partial charge in [0.15, 0.2) is 16.7 Å². The van der Waals surface area contributed by atoms with Crippen LogP contribution < -0.4 is 4.90 Å². The van der Waals surface area contributed by atoms with E-state index in [-0.39, 0.29) is 0 Å². The highest BCUT2D eigenvalue weighted by molar-refractivity contribution is 6.17. The third-order valence-corrected chi connectivity index (χ3v) is 10.1. The predicted molar refractivity (Wildman–Crippen MR) is 212 cm³/mol. The predicted octanol–water partition coefficient (Wildman–Crippen LogP) is 13.6. The molecule has 52 heavy (non-hydrogen) atoms. The van der Waals surface area contributed by atoms with Crippen LogP contribution in [0.2, 0.25) is 0 Å². The van der Waals surface area contributed by atoms with E-state index in [1.165, 1.54) is 16.3 Å². The molecule has 0 bridgehead atoms. The van der Waals surface area contributed by atoms with Crippen molar-refractivity contribution in [2.75, 3.05) is 4.90 Å². The van der Waals surface area contributed by atoms with Crippen molar-refractivity contribution in [1.29, 1.82) is 0 Å². The van der Waals surface area contributed by atoms with Crippen molar-refractivity contribution in [3.05, 3.63) is 170 Å². The second-order valence-corrected chi connectivity index (χ2v) is 13.1. The van der Waals surface area contributed by atoms with Gasteiger partial charge in [-0.2, -0.15) is 0 Å². The molecule has 244 valence electrons.